The van der Waals surface area contributed by atoms with Crippen LogP contribution in [0.1, 0.15) is 89.3 Å². The first-order valence-electron chi connectivity index (χ1n) is 20.3. The number of carbonyl (C=O) groups is 2. The molecule has 306 valence electrons. The molecule has 2 fully saturated rings. The normalized spacial score (nSPS) is 17.3. The summed E-state index contributed by atoms with van der Waals surface area (Å²) in [6, 6.07) is 29.2. The number of benzene rings is 4. The molecule has 2 N–H and O–H groups in total. The fourth-order valence-electron chi connectivity index (χ4n) is 7.09. The van der Waals surface area contributed by atoms with Crippen molar-refractivity contribution >= 4 is 11.9 Å². The quantitative estimate of drug-likeness (QED) is 0.108. The lowest BCUT2D eigenvalue weighted by molar-refractivity contribution is -0.138. The standard InChI is InChI=1S/C25H33NO4.C22H27NO4/c1-3-4-5-20-6-8-21(9-7-20)18-30-22-10-11-23(19(2)16-22)24-17-26(14-15-29-24)13-12-25(27)28;1-16-3-5-18(6-4-16)15-27-19-7-8-20(17(2)13-19)21-14-23(11-12-26-21)10-9-22(24)25/h6-11,16,24H,3-5,12-15,17-18H2,1-2H3,(H,27,28);3-8,13,21H,9-12,14-15H2,1-2H3,(H,24,25). The van der Waals surface area contributed by atoms with Crippen LogP contribution in [-0.4, -0.2) is 84.4 Å². The molecule has 0 bridgehead atoms. The largest absolute Gasteiger partial charge is 0.489 e. The smallest absolute Gasteiger partial charge is 0.304 e. The van der Waals surface area contributed by atoms with E-state index in [9.17, 15) is 9.59 Å². The van der Waals surface area contributed by atoms with Crippen LogP contribution in [0.15, 0.2) is 84.9 Å². The minimum atomic E-state index is -0.760. The lowest BCUT2D eigenvalue weighted by Crippen LogP contribution is -2.39. The molecular formula is C47H60N2O8. The lowest BCUT2D eigenvalue weighted by atomic mass is 10.0. The average Bonchev–Trinajstić information content (AvgIpc) is 3.21. The summed E-state index contributed by atoms with van der Waals surface area (Å²) in [6.45, 7) is 14.9. The maximum Gasteiger partial charge on any atom is 0.304 e. The van der Waals surface area contributed by atoms with Crippen molar-refractivity contribution in [1.29, 1.82) is 0 Å². The molecule has 57 heavy (non-hydrogen) atoms. The number of nitrogens with zero attached hydrogens (tertiary/aromatic N) is 2. The summed E-state index contributed by atoms with van der Waals surface area (Å²) in [5.41, 5.74) is 9.47. The number of carboxylic acid groups (broad SMARTS) is 2. The van der Waals surface area contributed by atoms with E-state index in [1.54, 1.807) is 0 Å². The van der Waals surface area contributed by atoms with Crippen LogP contribution in [0.2, 0.25) is 0 Å². The highest BCUT2D eigenvalue weighted by atomic mass is 16.5. The molecule has 4 aromatic rings. The summed E-state index contributed by atoms with van der Waals surface area (Å²) >= 11 is 0. The van der Waals surface area contributed by atoms with Gasteiger partial charge in [-0.3, -0.25) is 19.4 Å². The number of morpholine rings is 2. The van der Waals surface area contributed by atoms with Gasteiger partial charge in [0.1, 0.15) is 24.7 Å². The Morgan fingerprint density at radius 3 is 1.51 bits per heavy atom. The van der Waals surface area contributed by atoms with E-state index in [2.05, 4.69) is 104 Å². The first kappa shape index (κ1) is 43.4. The number of aliphatic carboxylic acids is 2. The van der Waals surface area contributed by atoms with Gasteiger partial charge in [0.2, 0.25) is 0 Å². The van der Waals surface area contributed by atoms with Crippen molar-refractivity contribution in [1.82, 2.24) is 9.80 Å². The summed E-state index contributed by atoms with van der Waals surface area (Å²) in [5, 5.41) is 17.8. The zero-order chi connectivity index (χ0) is 40.6. The molecule has 0 amide bonds. The van der Waals surface area contributed by atoms with Gasteiger partial charge in [0.15, 0.2) is 0 Å². The van der Waals surface area contributed by atoms with E-state index in [1.807, 2.05) is 18.2 Å². The van der Waals surface area contributed by atoms with Crippen molar-refractivity contribution in [2.75, 3.05) is 52.5 Å². The van der Waals surface area contributed by atoms with Crippen LogP contribution in [-0.2, 0) is 38.7 Å². The van der Waals surface area contributed by atoms with Crippen LogP contribution >= 0.6 is 0 Å². The maximum absolute atomic E-state index is 10.8. The predicted molar refractivity (Wildman–Crippen MR) is 222 cm³/mol. The van der Waals surface area contributed by atoms with Crippen molar-refractivity contribution in [3.63, 3.8) is 0 Å². The highest BCUT2D eigenvalue weighted by Gasteiger charge is 2.25. The molecule has 0 saturated carbocycles. The second-order valence-electron chi connectivity index (χ2n) is 15.1. The van der Waals surface area contributed by atoms with Crippen molar-refractivity contribution in [3.05, 3.63) is 129 Å². The third-order valence-corrected chi connectivity index (χ3v) is 10.5. The van der Waals surface area contributed by atoms with E-state index in [4.69, 9.17) is 29.2 Å². The van der Waals surface area contributed by atoms with Gasteiger partial charge in [-0.15, -0.1) is 0 Å². The Morgan fingerprint density at radius 1 is 0.649 bits per heavy atom. The molecule has 0 aromatic heterocycles. The zero-order valence-electron chi connectivity index (χ0n) is 34.1. The van der Waals surface area contributed by atoms with E-state index in [1.165, 1.54) is 29.5 Å². The van der Waals surface area contributed by atoms with Gasteiger partial charge in [0.25, 0.3) is 0 Å². The molecule has 2 aliphatic heterocycles. The lowest BCUT2D eigenvalue weighted by Gasteiger charge is -2.33. The van der Waals surface area contributed by atoms with Gasteiger partial charge in [-0.05, 0) is 96.8 Å². The van der Waals surface area contributed by atoms with Gasteiger partial charge in [0, 0.05) is 39.3 Å². The second kappa shape index (κ2) is 22.3. The van der Waals surface area contributed by atoms with E-state index >= 15 is 0 Å². The zero-order valence-corrected chi connectivity index (χ0v) is 34.1. The van der Waals surface area contributed by atoms with Gasteiger partial charge < -0.3 is 29.2 Å². The molecule has 10 nitrogen and oxygen atoms in total. The van der Waals surface area contributed by atoms with E-state index in [-0.39, 0.29) is 25.0 Å². The summed E-state index contributed by atoms with van der Waals surface area (Å²) in [5.74, 6) is 0.177. The summed E-state index contributed by atoms with van der Waals surface area (Å²) in [4.78, 5) is 25.9. The molecule has 6 rings (SSSR count). The van der Waals surface area contributed by atoms with Crippen LogP contribution in [0.25, 0.3) is 0 Å². The molecule has 0 spiro atoms. The molecule has 10 heteroatoms. The molecule has 0 radical (unpaired) electrons. The number of unbranched alkanes of at least 4 members (excludes halogenated alkanes) is 1. The Balaban J connectivity index is 0.000000219. The average molecular weight is 781 g/mol. The number of hydrogen-bond acceptors (Lipinski definition) is 8. The molecular weight excluding hydrogens is 721 g/mol. The van der Waals surface area contributed by atoms with E-state index in [0.717, 1.165) is 71.9 Å². The molecule has 0 aliphatic carbocycles. The summed E-state index contributed by atoms with van der Waals surface area (Å²) < 4.78 is 23.8. The topological polar surface area (TPSA) is 118 Å². The van der Waals surface area contributed by atoms with Crippen molar-refractivity contribution < 1.29 is 38.7 Å². The Bertz CT molecular complexity index is 1860. The van der Waals surface area contributed by atoms with Gasteiger partial charge in [-0.1, -0.05) is 79.6 Å². The maximum atomic E-state index is 10.8. The number of hydrogen-bond donors (Lipinski definition) is 2. The SMILES string of the molecule is CCCCc1ccc(COc2ccc(C3CN(CCC(=O)O)CCO3)c(C)c2)cc1.Cc1ccc(COc2ccc(C3CN(CCC(=O)O)CCO3)c(C)c2)cc1. The molecule has 2 heterocycles. The van der Waals surface area contributed by atoms with Gasteiger partial charge >= 0.3 is 11.9 Å². The minimum Gasteiger partial charge on any atom is -0.489 e. The number of rotatable bonds is 17. The molecule has 2 aliphatic rings. The molecule has 2 unspecified atom stereocenters. The summed E-state index contributed by atoms with van der Waals surface area (Å²) in [6.07, 6.45) is 3.84. The second-order valence-corrected chi connectivity index (χ2v) is 15.1. The fourth-order valence-corrected chi connectivity index (χ4v) is 7.09. The Labute approximate surface area is 338 Å². The highest BCUT2D eigenvalue weighted by Crippen LogP contribution is 2.30. The van der Waals surface area contributed by atoms with Crippen molar-refractivity contribution in [2.45, 2.75) is 85.2 Å². The van der Waals surface area contributed by atoms with Crippen LogP contribution in [0.5, 0.6) is 11.5 Å². The van der Waals surface area contributed by atoms with Crippen molar-refractivity contribution in [3.8, 4) is 11.5 Å². The first-order chi connectivity index (χ1) is 27.6. The summed E-state index contributed by atoms with van der Waals surface area (Å²) in [7, 11) is 0. The van der Waals surface area contributed by atoms with E-state index in [0.29, 0.717) is 39.5 Å². The third kappa shape index (κ3) is 14.3. The number of ether oxygens (including phenoxy) is 4. The molecule has 2 saturated heterocycles. The monoisotopic (exact) mass is 780 g/mol. The van der Waals surface area contributed by atoms with Crippen LogP contribution < -0.4 is 9.47 Å². The van der Waals surface area contributed by atoms with Gasteiger partial charge in [0.05, 0.1) is 38.3 Å². The van der Waals surface area contributed by atoms with Gasteiger partial charge in [-0.2, -0.15) is 0 Å². The minimum absolute atomic E-state index is 0.0290. The predicted octanol–water partition coefficient (Wildman–Crippen LogP) is 8.50. The van der Waals surface area contributed by atoms with Crippen molar-refractivity contribution in [2.24, 2.45) is 0 Å². The fraction of sp³-hybridized carbons (Fsp3) is 0.447. The molecule has 4 aromatic carbocycles. The Morgan fingerprint density at radius 2 is 1.09 bits per heavy atom. The first-order valence-corrected chi connectivity index (χ1v) is 20.3. The van der Waals surface area contributed by atoms with Crippen LogP contribution in [0.3, 0.4) is 0 Å². The van der Waals surface area contributed by atoms with Crippen LogP contribution in [0, 0.1) is 20.8 Å². The number of carboxylic acids is 2. The number of aryl methyl sites for hydroxylation is 4. The van der Waals surface area contributed by atoms with Crippen LogP contribution in [0.4, 0.5) is 0 Å². The third-order valence-electron chi connectivity index (χ3n) is 10.5. The molecule has 2 atom stereocenters. The Hall–Kier alpha value is -4.74. The highest BCUT2D eigenvalue weighted by molar-refractivity contribution is 5.67. The van der Waals surface area contributed by atoms with E-state index < -0.39 is 11.9 Å². The Kier molecular flexibility index (Phi) is 16.9. The van der Waals surface area contributed by atoms with Gasteiger partial charge in [-0.25, -0.2) is 0 Å².